The summed E-state index contributed by atoms with van der Waals surface area (Å²) in [7, 11) is -3.85. The third kappa shape index (κ3) is 2.27. The lowest BCUT2D eigenvalue weighted by Gasteiger charge is -2.25. The van der Waals surface area contributed by atoms with Crippen molar-refractivity contribution in [2.75, 3.05) is 12.3 Å². The summed E-state index contributed by atoms with van der Waals surface area (Å²) in [6, 6.07) is 0. The zero-order chi connectivity index (χ0) is 6.91. The molecule has 0 saturated carbocycles. The average Bonchev–Trinajstić information content (AvgIpc) is 1.53. The summed E-state index contributed by atoms with van der Waals surface area (Å²) in [4.78, 5) is 4.52. The smallest absolute Gasteiger partial charge is 0.267 e. The second kappa shape index (κ2) is 2.22. The fraction of sp³-hybridized carbons (Fsp3) is 1.00. The average molecular weight is 153 g/mol. The van der Waals surface area contributed by atoms with Crippen LogP contribution in [0.4, 0.5) is 0 Å². The minimum Gasteiger partial charge on any atom is -0.296 e. The van der Waals surface area contributed by atoms with Crippen molar-refractivity contribution < 1.29 is 17.8 Å². The quantitative estimate of drug-likeness (QED) is 0.486. The molecule has 1 fully saturated rings. The molecule has 1 aliphatic heterocycles. The maximum atomic E-state index is 10.1. The van der Waals surface area contributed by atoms with Crippen molar-refractivity contribution in [2.45, 2.75) is 6.10 Å². The van der Waals surface area contributed by atoms with Crippen LogP contribution in [0, 0.1) is 0 Å². The van der Waals surface area contributed by atoms with Gasteiger partial charge >= 0.3 is 0 Å². The van der Waals surface area contributed by atoms with E-state index in [0.717, 1.165) is 0 Å². The van der Waals surface area contributed by atoms with E-state index in [9.17, 15) is 8.42 Å². The minimum absolute atomic E-state index is 0.319. The highest BCUT2D eigenvalue weighted by molar-refractivity contribution is 7.85. The molecule has 9 heavy (non-hydrogen) atoms. The number of hydrogen-bond donors (Lipinski definition) is 2. The Hall–Kier alpha value is -0.170. The largest absolute Gasteiger partial charge is 0.296 e. The summed E-state index contributed by atoms with van der Waals surface area (Å²) >= 11 is 0. The first-order chi connectivity index (χ1) is 4.08. The van der Waals surface area contributed by atoms with E-state index in [4.69, 9.17) is 4.55 Å². The van der Waals surface area contributed by atoms with Gasteiger partial charge in [0.1, 0.15) is 11.9 Å². The van der Waals surface area contributed by atoms with Crippen LogP contribution in [0.2, 0.25) is 0 Å². The fourth-order valence-electron chi connectivity index (χ4n) is 0.529. The van der Waals surface area contributed by atoms with Gasteiger partial charge in [0.05, 0.1) is 6.54 Å². The Bertz CT molecular complexity index is 182. The van der Waals surface area contributed by atoms with Crippen molar-refractivity contribution in [3.05, 3.63) is 0 Å². The highest BCUT2D eigenvalue weighted by atomic mass is 32.2. The maximum Gasteiger partial charge on any atom is 0.267 e. The van der Waals surface area contributed by atoms with Crippen LogP contribution in [0.1, 0.15) is 0 Å². The predicted octanol–water partition coefficient (Wildman–Crippen LogP) is -1.22. The molecular formula is C3H7NO4S. The summed E-state index contributed by atoms with van der Waals surface area (Å²) in [5, 5.41) is 0. The van der Waals surface area contributed by atoms with Gasteiger partial charge in [-0.05, 0) is 0 Å². The van der Waals surface area contributed by atoms with Gasteiger partial charge in [-0.1, -0.05) is 0 Å². The van der Waals surface area contributed by atoms with Gasteiger partial charge in [-0.15, -0.1) is 0 Å². The molecular weight excluding hydrogens is 146 g/mol. The first-order valence-electron chi connectivity index (χ1n) is 2.41. The molecule has 0 aromatic rings. The normalized spacial score (nSPS) is 27.4. The van der Waals surface area contributed by atoms with Crippen LogP contribution < -0.4 is 5.48 Å². The lowest BCUT2D eigenvalue weighted by molar-refractivity contribution is -0.109. The molecule has 1 heterocycles. The van der Waals surface area contributed by atoms with E-state index in [2.05, 4.69) is 10.3 Å². The monoisotopic (exact) mass is 153 g/mol. The van der Waals surface area contributed by atoms with E-state index in [-0.39, 0.29) is 11.9 Å². The topological polar surface area (TPSA) is 75.6 Å². The molecule has 0 bridgehead atoms. The second-order valence-electron chi connectivity index (χ2n) is 1.84. The summed E-state index contributed by atoms with van der Waals surface area (Å²) in [6.07, 6.45) is -0.375. The van der Waals surface area contributed by atoms with E-state index in [1.165, 1.54) is 0 Å². The maximum absolute atomic E-state index is 10.1. The Labute approximate surface area is 52.7 Å². The first-order valence-corrected chi connectivity index (χ1v) is 4.02. The number of hydroxylamine groups is 1. The molecule has 0 aromatic carbocycles. The molecule has 1 rings (SSSR count). The van der Waals surface area contributed by atoms with E-state index < -0.39 is 10.1 Å². The van der Waals surface area contributed by atoms with Gasteiger partial charge in [-0.3, -0.25) is 9.39 Å². The van der Waals surface area contributed by atoms with Gasteiger partial charge in [-0.2, -0.15) is 13.9 Å². The molecule has 1 aliphatic rings. The molecule has 1 saturated heterocycles. The van der Waals surface area contributed by atoms with Crippen LogP contribution in [0.3, 0.4) is 0 Å². The van der Waals surface area contributed by atoms with Gasteiger partial charge in [0, 0.05) is 0 Å². The molecule has 0 aliphatic carbocycles. The third-order valence-electron chi connectivity index (χ3n) is 0.958. The Morgan fingerprint density at radius 1 is 1.78 bits per heavy atom. The molecule has 6 heteroatoms. The molecule has 0 spiro atoms. The second-order valence-corrected chi connectivity index (χ2v) is 3.33. The van der Waals surface area contributed by atoms with E-state index >= 15 is 0 Å². The SMILES string of the molecule is O=S(=O)(O)CC1CNO1. The van der Waals surface area contributed by atoms with Crippen molar-refractivity contribution in [3.8, 4) is 0 Å². The Balaban J connectivity index is 2.33. The third-order valence-corrected chi connectivity index (χ3v) is 1.75. The van der Waals surface area contributed by atoms with Crippen molar-refractivity contribution in [1.82, 2.24) is 5.48 Å². The van der Waals surface area contributed by atoms with E-state index in [1.54, 1.807) is 0 Å². The molecule has 5 nitrogen and oxygen atoms in total. The van der Waals surface area contributed by atoms with Crippen LogP contribution in [0.15, 0.2) is 0 Å². The molecule has 1 unspecified atom stereocenters. The van der Waals surface area contributed by atoms with Crippen molar-refractivity contribution in [3.63, 3.8) is 0 Å². The number of hydrogen-bond acceptors (Lipinski definition) is 4. The Morgan fingerprint density at radius 2 is 2.33 bits per heavy atom. The van der Waals surface area contributed by atoms with E-state index in [0.29, 0.717) is 6.54 Å². The Kier molecular flexibility index (Phi) is 1.71. The van der Waals surface area contributed by atoms with Crippen molar-refractivity contribution in [1.29, 1.82) is 0 Å². The molecule has 2 N–H and O–H groups in total. The minimum atomic E-state index is -3.85. The van der Waals surface area contributed by atoms with Crippen LogP contribution in [-0.4, -0.2) is 31.4 Å². The molecule has 54 valence electrons. The van der Waals surface area contributed by atoms with Crippen molar-refractivity contribution in [2.24, 2.45) is 0 Å². The molecule has 0 amide bonds. The summed E-state index contributed by atoms with van der Waals surface area (Å²) in [6.45, 7) is 0.486. The lowest BCUT2D eigenvalue weighted by atomic mass is 10.4. The van der Waals surface area contributed by atoms with Crippen molar-refractivity contribution >= 4 is 10.1 Å². The zero-order valence-corrected chi connectivity index (χ0v) is 5.39. The summed E-state index contributed by atoms with van der Waals surface area (Å²) in [5.74, 6) is -0.319. The van der Waals surface area contributed by atoms with Gasteiger partial charge < -0.3 is 0 Å². The molecule has 1 atom stereocenters. The summed E-state index contributed by atoms with van der Waals surface area (Å²) < 4.78 is 28.4. The van der Waals surface area contributed by atoms with Gasteiger partial charge in [0.2, 0.25) is 0 Å². The van der Waals surface area contributed by atoms with Gasteiger partial charge in [0.15, 0.2) is 0 Å². The molecule has 0 aromatic heterocycles. The lowest BCUT2D eigenvalue weighted by Crippen LogP contribution is -2.48. The zero-order valence-electron chi connectivity index (χ0n) is 4.57. The van der Waals surface area contributed by atoms with Crippen LogP contribution >= 0.6 is 0 Å². The fourth-order valence-corrected chi connectivity index (χ4v) is 1.18. The first kappa shape index (κ1) is 6.94. The van der Waals surface area contributed by atoms with Crippen LogP contribution in [-0.2, 0) is 15.0 Å². The number of rotatable bonds is 2. The van der Waals surface area contributed by atoms with Crippen LogP contribution in [0.25, 0.3) is 0 Å². The van der Waals surface area contributed by atoms with Crippen LogP contribution in [0.5, 0.6) is 0 Å². The van der Waals surface area contributed by atoms with E-state index in [1.807, 2.05) is 0 Å². The summed E-state index contributed by atoms with van der Waals surface area (Å²) in [5.41, 5.74) is 2.41. The standard InChI is InChI=1S/C3H7NO4S/c5-9(6,7)2-3-1-4-8-3/h3-4H,1-2H2,(H,5,6,7). The van der Waals surface area contributed by atoms with Gasteiger partial charge in [0.25, 0.3) is 10.1 Å². The molecule has 0 radical (unpaired) electrons. The predicted molar refractivity (Wildman–Crippen MR) is 29.3 cm³/mol. The highest BCUT2D eigenvalue weighted by Crippen LogP contribution is 2.00. The van der Waals surface area contributed by atoms with Gasteiger partial charge in [-0.25, -0.2) is 0 Å². The Morgan fingerprint density at radius 3 is 2.44 bits per heavy atom. The number of nitrogens with one attached hydrogen (secondary N) is 1. The highest BCUT2D eigenvalue weighted by Gasteiger charge is 2.23.